The molecule has 0 aliphatic carbocycles. The Morgan fingerprint density at radius 2 is 2.07 bits per heavy atom. The van der Waals surface area contributed by atoms with Crippen LogP contribution in [0.5, 0.6) is 0 Å². The Bertz CT molecular complexity index is 253. The first-order chi connectivity index (χ1) is 7.33. The van der Waals surface area contributed by atoms with E-state index in [0.717, 1.165) is 18.6 Å². The van der Waals surface area contributed by atoms with Crippen molar-refractivity contribution in [3.63, 3.8) is 0 Å². The van der Waals surface area contributed by atoms with E-state index in [4.69, 9.17) is 16.3 Å². The van der Waals surface area contributed by atoms with Crippen LogP contribution in [0.2, 0.25) is 0 Å². The molecule has 1 unspecified atom stereocenters. The highest BCUT2D eigenvalue weighted by Crippen LogP contribution is 2.19. The number of hydrogen-bond donors (Lipinski definition) is 0. The minimum absolute atomic E-state index is 0.159. The number of hydrogen-bond acceptors (Lipinski definition) is 2. The fourth-order valence-electron chi connectivity index (χ4n) is 1.28. The highest BCUT2D eigenvalue weighted by molar-refractivity contribution is 7.99. The molecule has 0 radical (unpaired) electrons. The maximum absolute atomic E-state index is 6.03. The molecule has 0 fully saturated rings. The second-order valence-corrected chi connectivity index (χ2v) is 5.14. The summed E-state index contributed by atoms with van der Waals surface area (Å²) in [6.07, 6.45) is 2.16. The van der Waals surface area contributed by atoms with E-state index in [1.165, 1.54) is 4.90 Å². The number of alkyl halides is 1. The fraction of sp³-hybridized carbons (Fsp3) is 0.500. The van der Waals surface area contributed by atoms with Crippen LogP contribution in [-0.4, -0.2) is 24.8 Å². The molecule has 15 heavy (non-hydrogen) atoms. The molecule has 0 heterocycles. The van der Waals surface area contributed by atoms with Gasteiger partial charge in [0.25, 0.3) is 0 Å². The third kappa shape index (κ3) is 6.08. The van der Waals surface area contributed by atoms with Crippen LogP contribution in [0.15, 0.2) is 35.2 Å². The van der Waals surface area contributed by atoms with E-state index in [1.807, 2.05) is 17.8 Å². The van der Waals surface area contributed by atoms with Crippen LogP contribution in [0, 0.1) is 0 Å². The molecule has 0 aromatic heterocycles. The Morgan fingerprint density at radius 1 is 1.33 bits per heavy atom. The van der Waals surface area contributed by atoms with Crippen LogP contribution in [0.25, 0.3) is 0 Å². The summed E-state index contributed by atoms with van der Waals surface area (Å²) in [5.41, 5.74) is 0. The summed E-state index contributed by atoms with van der Waals surface area (Å²) in [5.74, 6) is 1.12. The second-order valence-electron chi connectivity index (χ2n) is 3.36. The predicted molar refractivity (Wildman–Crippen MR) is 67.9 cm³/mol. The van der Waals surface area contributed by atoms with E-state index in [1.54, 1.807) is 7.11 Å². The molecule has 0 aliphatic rings. The van der Waals surface area contributed by atoms with E-state index < -0.39 is 0 Å². The average Bonchev–Trinajstić information content (AvgIpc) is 2.26. The first kappa shape index (κ1) is 12.9. The van der Waals surface area contributed by atoms with Gasteiger partial charge in [0.1, 0.15) is 0 Å². The number of halogens is 1. The number of benzene rings is 1. The molecule has 0 saturated heterocycles. The van der Waals surface area contributed by atoms with E-state index in [-0.39, 0.29) is 5.38 Å². The zero-order valence-electron chi connectivity index (χ0n) is 8.99. The van der Waals surface area contributed by atoms with Crippen LogP contribution in [0.4, 0.5) is 0 Å². The third-order valence-corrected chi connectivity index (χ3v) is 3.46. The van der Waals surface area contributed by atoms with Crippen LogP contribution in [0.3, 0.4) is 0 Å². The quantitative estimate of drug-likeness (QED) is 0.410. The van der Waals surface area contributed by atoms with E-state index in [2.05, 4.69) is 24.3 Å². The molecule has 0 bridgehead atoms. The Balaban J connectivity index is 2.07. The molecule has 1 atom stereocenters. The standard InChI is InChI=1S/C12H17ClOS/c1-14-10-11(13)6-5-9-15-12-7-3-2-4-8-12/h2-4,7-8,11H,5-6,9-10H2,1H3. The molecule has 1 nitrogen and oxygen atoms in total. The number of ether oxygens (including phenoxy) is 1. The third-order valence-electron chi connectivity index (χ3n) is 2.02. The SMILES string of the molecule is COCC(Cl)CCCSc1ccccc1. The van der Waals surface area contributed by atoms with Crippen molar-refractivity contribution < 1.29 is 4.74 Å². The van der Waals surface area contributed by atoms with Gasteiger partial charge in [0.2, 0.25) is 0 Å². The molecule has 84 valence electrons. The largest absolute Gasteiger partial charge is 0.383 e. The first-order valence-electron chi connectivity index (χ1n) is 5.14. The maximum atomic E-state index is 6.03. The van der Waals surface area contributed by atoms with Gasteiger partial charge in [0.15, 0.2) is 0 Å². The maximum Gasteiger partial charge on any atom is 0.0626 e. The minimum Gasteiger partial charge on any atom is -0.383 e. The Hall–Kier alpha value is -0.180. The van der Waals surface area contributed by atoms with Crippen molar-refractivity contribution in [1.29, 1.82) is 0 Å². The lowest BCUT2D eigenvalue weighted by Crippen LogP contribution is -2.07. The number of rotatable bonds is 7. The normalized spacial score (nSPS) is 12.7. The minimum atomic E-state index is 0.159. The van der Waals surface area contributed by atoms with Crippen molar-refractivity contribution in [2.24, 2.45) is 0 Å². The molecule has 0 N–H and O–H groups in total. The van der Waals surface area contributed by atoms with Gasteiger partial charge in [-0.1, -0.05) is 18.2 Å². The van der Waals surface area contributed by atoms with Gasteiger partial charge < -0.3 is 4.74 Å². The van der Waals surface area contributed by atoms with Gasteiger partial charge in [0.05, 0.1) is 12.0 Å². The predicted octanol–water partition coefficient (Wildman–Crippen LogP) is 3.81. The van der Waals surface area contributed by atoms with Crippen molar-refractivity contribution in [3.8, 4) is 0 Å². The molecule has 0 amide bonds. The highest BCUT2D eigenvalue weighted by Gasteiger charge is 2.03. The van der Waals surface area contributed by atoms with Gasteiger partial charge in [0, 0.05) is 12.0 Å². The number of methoxy groups -OCH3 is 1. The topological polar surface area (TPSA) is 9.23 Å². The van der Waals surface area contributed by atoms with Crippen molar-refractivity contribution in [2.45, 2.75) is 23.1 Å². The van der Waals surface area contributed by atoms with Gasteiger partial charge in [-0.15, -0.1) is 23.4 Å². The zero-order chi connectivity index (χ0) is 10.9. The van der Waals surface area contributed by atoms with Crippen LogP contribution < -0.4 is 0 Å². The molecule has 0 spiro atoms. The molecule has 3 heteroatoms. The van der Waals surface area contributed by atoms with E-state index in [0.29, 0.717) is 6.61 Å². The molecule has 0 saturated carbocycles. The lowest BCUT2D eigenvalue weighted by Gasteiger charge is -2.07. The summed E-state index contributed by atoms with van der Waals surface area (Å²) in [5, 5.41) is 0.159. The highest BCUT2D eigenvalue weighted by atomic mass is 35.5. The number of thioether (sulfide) groups is 1. The lowest BCUT2D eigenvalue weighted by atomic mass is 10.2. The van der Waals surface area contributed by atoms with Crippen molar-refractivity contribution >= 4 is 23.4 Å². The van der Waals surface area contributed by atoms with Crippen molar-refractivity contribution in [1.82, 2.24) is 0 Å². The zero-order valence-corrected chi connectivity index (χ0v) is 10.6. The summed E-state index contributed by atoms with van der Waals surface area (Å²) < 4.78 is 4.98. The first-order valence-corrected chi connectivity index (χ1v) is 6.56. The summed E-state index contributed by atoms with van der Waals surface area (Å²) in [6.45, 7) is 0.650. The molecule has 0 aliphatic heterocycles. The molecule has 1 aromatic carbocycles. The Kier molecular flexibility index (Phi) is 6.90. The van der Waals surface area contributed by atoms with Gasteiger partial charge >= 0.3 is 0 Å². The average molecular weight is 245 g/mol. The Labute approximate surface area is 101 Å². The molecular weight excluding hydrogens is 228 g/mol. The summed E-state index contributed by atoms with van der Waals surface area (Å²) in [4.78, 5) is 1.33. The van der Waals surface area contributed by atoms with Crippen LogP contribution >= 0.6 is 23.4 Å². The fourth-order valence-corrected chi connectivity index (χ4v) is 2.45. The van der Waals surface area contributed by atoms with Crippen LogP contribution in [-0.2, 0) is 4.74 Å². The van der Waals surface area contributed by atoms with Crippen molar-refractivity contribution in [2.75, 3.05) is 19.5 Å². The molecule has 1 rings (SSSR count). The van der Waals surface area contributed by atoms with Gasteiger partial charge in [-0.25, -0.2) is 0 Å². The summed E-state index contributed by atoms with van der Waals surface area (Å²) >= 11 is 7.91. The van der Waals surface area contributed by atoms with Gasteiger partial charge in [-0.3, -0.25) is 0 Å². The smallest absolute Gasteiger partial charge is 0.0626 e. The van der Waals surface area contributed by atoms with E-state index in [9.17, 15) is 0 Å². The Morgan fingerprint density at radius 3 is 2.73 bits per heavy atom. The second kappa shape index (κ2) is 8.03. The van der Waals surface area contributed by atoms with E-state index >= 15 is 0 Å². The molecular formula is C12H17ClOS. The van der Waals surface area contributed by atoms with Gasteiger partial charge in [-0.2, -0.15) is 0 Å². The van der Waals surface area contributed by atoms with Gasteiger partial charge in [-0.05, 0) is 30.7 Å². The van der Waals surface area contributed by atoms with Crippen LogP contribution in [0.1, 0.15) is 12.8 Å². The summed E-state index contributed by atoms with van der Waals surface area (Å²) in [7, 11) is 1.69. The summed E-state index contributed by atoms with van der Waals surface area (Å²) in [6, 6.07) is 10.4. The molecule has 1 aromatic rings. The lowest BCUT2D eigenvalue weighted by molar-refractivity contribution is 0.195. The monoisotopic (exact) mass is 244 g/mol. The van der Waals surface area contributed by atoms with Crippen molar-refractivity contribution in [3.05, 3.63) is 30.3 Å².